The monoisotopic (exact) mass is 756 g/mol. The third kappa shape index (κ3) is 4.97. The topological polar surface area (TPSA) is 43.6 Å². The summed E-state index contributed by atoms with van der Waals surface area (Å²) in [5, 5.41) is 5.38. The van der Waals surface area contributed by atoms with Crippen LogP contribution in [0.5, 0.6) is 0 Å². The van der Waals surface area contributed by atoms with Gasteiger partial charge in [0, 0.05) is 33.2 Å². The predicted molar refractivity (Wildman–Crippen MR) is 243 cm³/mol. The lowest BCUT2D eigenvalue weighted by molar-refractivity contribution is 1.07. The lowest BCUT2D eigenvalue weighted by Gasteiger charge is -2.19. The van der Waals surface area contributed by atoms with Crippen molar-refractivity contribution in [3.63, 3.8) is 0 Å². The number of benzene rings is 8. The van der Waals surface area contributed by atoms with Crippen LogP contribution in [0.1, 0.15) is 0 Å². The second-order valence-electron chi connectivity index (χ2n) is 16.1. The molecule has 0 saturated carbocycles. The standard InChI is InChI=1S/C53H36N4Si/c1-58(2)48-23-7-6-20-43(48)44-26-25-40(32-49(44)58)53-55-51-38-17-8-14-34(28-38)36-16-10-19-41(30-36)57-46-22-11-21-42(33-12-4-3-5-13-33)50(46)45-27-24-37(31-47(45)57)35-15-9-18-39(29-35)52(54-51)56-53/h3-32H,1-2H3. The van der Waals surface area contributed by atoms with Gasteiger partial charge in [0.1, 0.15) is 8.07 Å². The van der Waals surface area contributed by atoms with E-state index in [-0.39, 0.29) is 0 Å². The van der Waals surface area contributed by atoms with Gasteiger partial charge >= 0.3 is 0 Å². The number of aromatic nitrogens is 4. The zero-order valence-electron chi connectivity index (χ0n) is 32.1. The van der Waals surface area contributed by atoms with Crippen LogP contribution in [0.2, 0.25) is 13.1 Å². The van der Waals surface area contributed by atoms with E-state index in [1.165, 1.54) is 48.9 Å². The summed E-state index contributed by atoms with van der Waals surface area (Å²) in [5.74, 6) is 2.00. The molecular weight excluding hydrogens is 721 g/mol. The van der Waals surface area contributed by atoms with Gasteiger partial charge < -0.3 is 4.57 Å². The Morgan fingerprint density at radius 1 is 0.362 bits per heavy atom. The highest BCUT2D eigenvalue weighted by Gasteiger charge is 2.37. The highest BCUT2D eigenvalue weighted by molar-refractivity contribution is 7.03. The van der Waals surface area contributed by atoms with Crippen molar-refractivity contribution in [3.05, 3.63) is 182 Å². The second kappa shape index (κ2) is 12.4. The number of rotatable bonds is 2. The molecule has 0 aliphatic carbocycles. The zero-order chi connectivity index (χ0) is 38.5. The smallest absolute Gasteiger partial charge is 0.164 e. The first-order chi connectivity index (χ1) is 28.5. The van der Waals surface area contributed by atoms with E-state index in [2.05, 4.69) is 200 Å². The van der Waals surface area contributed by atoms with E-state index in [4.69, 9.17) is 15.0 Å². The van der Waals surface area contributed by atoms with Crippen LogP contribution >= 0.6 is 0 Å². The molecule has 0 N–H and O–H groups in total. The second-order valence-corrected chi connectivity index (χ2v) is 20.4. The molecule has 5 heteroatoms. The first kappa shape index (κ1) is 33.0. The third-order valence-corrected chi connectivity index (χ3v) is 15.9. The molecule has 2 aliphatic heterocycles. The van der Waals surface area contributed by atoms with Gasteiger partial charge in [-0.05, 0) is 91.3 Å². The highest BCUT2D eigenvalue weighted by Crippen LogP contribution is 2.41. The third-order valence-electron chi connectivity index (χ3n) is 12.4. The molecule has 4 heterocycles. The molecule has 2 aliphatic rings. The van der Waals surface area contributed by atoms with E-state index in [0.717, 1.165) is 50.1 Å². The molecule has 58 heavy (non-hydrogen) atoms. The lowest BCUT2D eigenvalue weighted by atomic mass is 9.97. The maximum Gasteiger partial charge on any atom is 0.164 e. The molecule has 0 spiro atoms. The fraction of sp³-hybridized carbons (Fsp3) is 0.0377. The van der Waals surface area contributed by atoms with Crippen LogP contribution in [0, 0.1) is 0 Å². The molecule has 12 rings (SSSR count). The number of nitrogens with zero attached hydrogens (tertiary/aromatic N) is 4. The average Bonchev–Trinajstić information content (AvgIpc) is 3.74. The Hall–Kier alpha value is -7.21. The Balaban J connectivity index is 1.11. The number of hydrogen-bond donors (Lipinski definition) is 0. The van der Waals surface area contributed by atoms with E-state index in [1.807, 2.05) is 0 Å². The fourth-order valence-electron chi connectivity index (χ4n) is 9.49. The van der Waals surface area contributed by atoms with Crippen LogP contribution < -0.4 is 10.4 Å². The molecule has 0 unspecified atom stereocenters. The van der Waals surface area contributed by atoms with Crippen LogP contribution in [0.25, 0.3) is 106 Å². The number of hydrogen-bond acceptors (Lipinski definition) is 3. The first-order valence-corrected chi connectivity index (χ1v) is 22.9. The minimum Gasteiger partial charge on any atom is -0.309 e. The van der Waals surface area contributed by atoms with Crippen molar-refractivity contribution in [1.29, 1.82) is 0 Å². The van der Waals surface area contributed by atoms with Gasteiger partial charge in [0.05, 0.1) is 11.0 Å². The molecular formula is C53H36N4Si. The van der Waals surface area contributed by atoms with Crippen LogP contribution in [0.15, 0.2) is 182 Å². The van der Waals surface area contributed by atoms with Gasteiger partial charge in [0.25, 0.3) is 0 Å². The van der Waals surface area contributed by atoms with E-state index in [0.29, 0.717) is 17.5 Å². The maximum absolute atomic E-state index is 5.25. The summed E-state index contributed by atoms with van der Waals surface area (Å²) < 4.78 is 2.43. The van der Waals surface area contributed by atoms with Gasteiger partial charge in [0.15, 0.2) is 17.5 Å². The van der Waals surface area contributed by atoms with Crippen molar-refractivity contribution in [2.45, 2.75) is 13.1 Å². The largest absolute Gasteiger partial charge is 0.309 e. The van der Waals surface area contributed by atoms with Crippen molar-refractivity contribution in [2.24, 2.45) is 0 Å². The van der Waals surface area contributed by atoms with E-state index in [1.54, 1.807) is 0 Å². The summed E-state index contributed by atoms with van der Waals surface area (Å²) in [6, 6.07) is 66.2. The highest BCUT2D eigenvalue weighted by atomic mass is 28.3. The Kier molecular flexibility index (Phi) is 7.05. The summed E-state index contributed by atoms with van der Waals surface area (Å²) in [6.45, 7) is 4.90. The average molecular weight is 757 g/mol. The van der Waals surface area contributed by atoms with Crippen molar-refractivity contribution in [3.8, 4) is 84.4 Å². The van der Waals surface area contributed by atoms with E-state index < -0.39 is 8.07 Å². The number of fused-ring (bicyclic) bond motifs is 20. The van der Waals surface area contributed by atoms with Crippen LogP contribution in [0.3, 0.4) is 0 Å². The molecule has 8 aromatic carbocycles. The quantitative estimate of drug-likeness (QED) is 0.165. The molecule has 0 saturated heterocycles. The SMILES string of the molecule is C[Si]1(C)c2ccccc2-c2ccc(-c3nc4nc(n3)-c3cccc(c3)-c3ccc5c6c(-c7ccccc7)cccc6n(c5c3)-c3cccc(c3)-c3cccc-4c3)cc21. The molecule has 0 amide bonds. The summed E-state index contributed by atoms with van der Waals surface area (Å²) in [6.07, 6.45) is 0. The molecule has 272 valence electrons. The van der Waals surface area contributed by atoms with Gasteiger partial charge in [-0.1, -0.05) is 159 Å². The van der Waals surface area contributed by atoms with Gasteiger partial charge in [0.2, 0.25) is 0 Å². The van der Waals surface area contributed by atoms with Crippen molar-refractivity contribution in [1.82, 2.24) is 19.5 Å². The molecule has 2 aromatic heterocycles. The van der Waals surface area contributed by atoms with E-state index in [9.17, 15) is 0 Å². The summed E-state index contributed by atoms with van der Waals surface area (Å²) in [7, 11) is -1.91. The summed E-state index contributed by atoms with van der Waals surface area (Å²) in [4.78, 5) is 15.7. The summed E-state index contributed by atoms with van der Waals surface area (Å²) >= 11 is 0. The van der Waals surface area contributed by atoms with Crippen molar-refractivity contribution >= 4 is 40.3 Å². The van der Waals surface area contributed by atoms with Gasteiger partial charge in [-0.2, -0.15) is 0 Å². The minimum absolute atomic E-state index is 0.657. The predicted octanol–water partition coefficient (Wildman–Crippen LogP) is 12.1. The lowest BCUT2D eigenvalue weighted by Crippen LogP contribution is -2.49. The van der Waals surface area contributed by atoms with Crippen LogP contribution in [0.4, 0.5) is 0 Å². The van der Waals surface area contributed by atoms with E-state index >= 15 is 0 Å². The van der Waals surface area contributed by atoms with Crippen molar-refractivity contribution in [2.75, 3.05) is 0 Å². The first-order valence-electron chi connectivity index (χ1n) is 19.9. The Morgan fingerprint density at radius 2 is 0.897 bits per heavy atom. The molecule has 4 nitrogen and oxygen atoms in total. The molecule has 0 fully saturated rings. The fourth-order valence-corrected chi connectivity index (χ4v) is 12.6. The molecule has 10 aromatic rings. The Morgan fingerprint density at radius 3 is 1.64 bits per heavy atom. The molecule has 0 radical (unpaired) electrons. The van der Waals surface area contributed by atoms with Gasteiger partial charge in [-0.25, -0.2) is 15.0 Å². The molecule has 0 atom stereocenters. The Bertz CT molecular complexity index is 3320. The van der Waals surface area contributed by atoms with Gasteiger partial charge in [-0.15, -0.1) is 0 Å². The Labute approximate surface area is 337 Å². The van der Waals surface area contributed by atoms with Crippen LogP contribution in [-0.4, -0.2) is 27.6 Å². The van der Waals surface area contributed by atoms with Crippen molar-refractivity contribution < 1.29 is 0 Å². The maximum atomic E-state index is 5.25. The van der Waals surface area contributed by atoms with Gasteiger partial charge in [-0.3, -0.25) is 0 Å². The zero-order valence-corrected chi connectivity index (χ0v) is 33.1. The molecule has 10 bridgehead atoms. The minimum atomic E-state index is -1.91. The summed E-state index contributed by atoms with van der Waals surface area (Å²) in [5.41, 5.74) is 16.0. The van der Waals surface area contributed by atoms with Crippen LogP contribution in [-0.2, 0) is 0 Å². The normalized spacial score (nSPS) is 13.1.